The Kier molecular flexibility index (Phi) is 8.83. The maximum Gasteiger partial charge on any atom is 0.117 e. The molecule has 0 bridgehead atoms. The maximum atomic E-state index is 2.83. The van der Waals surface area contributed by atoms with Crippen LogP contribution in [0.1, 0.15) is 109 Å². The molecule has 2 aliphatic carbocycles. The quantitative estimate of drug-likeness (QED) is 0.479. The molecule has 0 nitrogen and oxygen atoms in total. The third kappa shape index (κ3) is 7.18. The van der Waals surface area contributed by atoms with Crippen LogP contribution >= 0.6 is 0 Å². The predicted molar refractivity (Wildman–Crippen MR) is 91.7 cm³/mol. The van der Waals surface area contributed by atoms with E-state index < -0.39 is 0 Å². The molecule has 0 aliphatic heterocycles. The second-order valence-electron chi connectivity index (χ2n) is 7.46. The van der Waals surface area contributed by atoms with Crippen molar-refractivity contribution in [2.75, 3.05) is 0 Å². The average molecular weight is 275 g/mol. The highest BCUT2D eigenvalue weighted by molar-refractivity contribution is 6.39. The Morgan fingerprint density at radius 2 is 0.600 bits per heavy atom. The molecule has 20 heavy (non-hydrogen) atoms. The molecule has 2 fully saturated rings. The van der Waals surface area contributed by atoms with Crippen LogP contribution in [0.25, 0.3) is 0 Å². The van der Waals surface area contributed by atoms with Crippen molar-refractivity contribution in [3.05, 3.63) is 0 Å². The maximum absolute atomic E-state index is 2.83. The summed E-state index contributed by atoms with van der Waals surface area (Å²) in [4.78, 5) is 0. The van der Waals surface area contributed by atoms with Gasteiger partial charge in [0.15, 0.2) is 0 Å². The van der Waals surface area contributed by atoms with Crippen molar-refractivity contribution in [3.63, 3.8) is 0 Å². The topological polar surface area (TPSA) is 0 Å². The third-order valence-electron chi connectivity index (χ3n) is 5.59. The van der Waals surface area contributed by atoms with Crippen LogP contribution in [0.15, 0.2) is 0 Å². The molecule has 2 aliphatic rings. The smallest absolute Gasteiger partial charge is 0.0686 e. The first-order chi connectivity index (χ1) is 9.95. The Balaban J connectivity index is 1.74. The molecular weight excluding hydrogens is 239 g/mol. The van der Waals surface area contributed by atoms with Crippen LogP contribution in [0, 0.1) is 0 Å². The summed E-state index contributed by atoms with van der Waals surface area (Å²) in [6.45, 7) is 0. The second kappa shape index (κ2) is 10.7. The Labute approximate surface area is 128 Å². The van der Waals surface area contributed by atoms with Gasteiger partial charge < -0.3 is 0 Å². The van der Waals surface area contributed by atoms with Crippen molar-refractivity contribution in [3.8, 4) is 0 Å². The summed E-state index contributed by atoms with van der Waals surface area (Å²) in [5.74, 6) is 1.92. The summed E-state index contributed by atoms with van der Waals surface area (Å²) < 4.78 is 0. The SMILES string of the molecule is [B](C1CCCCCCCCC1)C1CCCCCCCC1. The van der Waals surface area contributed by atoms with E-state index >= 15 is 0 Å². The van der Waals surface area contributed by atoms with Crippen molar-refractivity contribution in [2.24, 2.45) is 0 Å². The summed E-state index contributed by atoms with van der Waals surface area (Å²) in [5, 5.41) is 0. The van der Waals surface area contributed by atoms with Gasteiger partial charge >= 0.3 is 0 Å². The molecule has 2 saturated carbocycles. The summed E-state index contributed by atoms with van der Waals surface area (Å²) in [6, 6.07) is 0. The average Bonchev–Trinajstić information content (AvgIpc) is 2.60. The summed E-state index contributed by atoms with van der Waals surface area (Å²) in [6.07, 6.45) is 25.4. The van der Waals surface area contributed by atoms with Crippen molar-refractivity contribution >= 4 is 7.28 Å². The van der Waals surface area contributed by atoms with E-state index in [0.29, 0.717) is 0 Å². The minimum atomic E-state index is 0.957. The molecule has 0 heterocycles. The standard InChI is InChI=1S/C19H36B/c1-2-6-10-14-18(15-11-7-3-1)20-19-16-12-8-4-5-9-13-17-19/h18-19H,1-17H2. The lowest BCUT2D eigenvalue weighted by atomic mass is 9.50. The zero-order valence-corrected chi connectivity index (χ0v) is 13.8. The first kappa shape index (κ1) is 16.4. The molecule has 0 N–H and O–H groups in total. The van der Waals surface area contributed by atoms with Crippen molar-refractivity contribution < 1.29 is 0 Å². The van der Waals surface area contributed by atoms with Gasteiger partial charge in [0.05, 0.1) is 0 Å². The molecule has 2 rings (SSSR count). The molecular formula is C19H36B. The van der Waals surface area contributed by atoms with Crippen LogP contribution in [0.2, 0.25) is 11.6 Å². The van der Waals surface area contributed by atoms with Gasteiger partial charge in [0, 0.05) is 0 Å². The van der Waals surface area contributed by atoms with E-state index in [1.807, 2.05) is 0 Å². The van der Waals surface area contributed by atoms with Gasteiger partial charge in [-0.1, -0.05) is 121 Å². The fraction of sp³-hybridized carbons (Fsp3) is 1.00. The van der Waals surface area contributed by atoms with Gasteiger partial charge in [0.25, 0.3) is 0 Å². The number of rotatable bonds is 2. The van der Waals surface area contributed by atoms with Crippen LogP contribution in [0.4, 0.5) is 0 Å². The van der Waals surface area contributed by atoms with Gasteiger partial charge in [-0.05, 0) is 0 Å². The second-order valence-corrected chi connectivity index (χ2v) is 7.46. The third-order valence-corrected chi connectivity index (χ3v) is 5.59. The summed E-state index contributed by atoms with van der Waals surface area (Å²) >= 11 is 0. The van der Waals surface area contributed by atoms with Crippen molar-refractivity contribution in [2.45, 2.75) is 121 Å². The fourth-order valence-corrected chi connectivity index (χ4v) is 4.28. The van der Waals surface area contributed by atoms with Crippen molar-refractivity contribution in [1.82, 2.24) is 0 Å². The van der Waals surface area contributed by atoms with Crippen LogP contribution < -0.4 is 0 Å². The summed E-state index contributed by atoms with van der Waals surface area (Å²) in [5.41, 5.74) is 0. The zero-order chi connectivity index (χ0) is 13.9. The first-order valence-electron chi connectivity index (χ1n) is 9.80. The van der Waals surface area contributed by atoms with Crippen LogP contribution in [-0.4, -0.2) is 7.28 Å². The monoisotopic (exact) mass is 275 g/mol. The minimum absolute atomic E-state index is 0.957. The highest BCUT2D eigenvalue weighted by atomic mass is 14.1. The lowest BCUT2D eigenvalue weighted by Crippen LogP contribution is -2.12. The molecule has 0 atom stereocenters. The number of hydrogen-bond donors (Lipinski definition) is 0. The first-order valence-corrected chi connectivity index (χ1v) is 9.80. The lowest BCUT2D eigenvalue weighted by Gasteiger charge is -2.23. The van der Waals surface area contributed by atoms with E-state index in [-0.39, 0.29) is 0 Å². The highest BCUT2D eigenvalue weighted by Gasteiger charge is 2.18. The van der Waals surface area contributed by atoms with Gasteiger partial charge in [-0.3, -0.25) is 0 Å². The minimum Gasteiger partial charge on any atom is -0.0686 e. The molecule has 0 aromatic carbocycles. The lowest BCUT2D eigenvalue weighted by molar-refractivity contribution is 0.496. The van der Waals surface area contributed by atoms with Crippen molar-refractivity contribution in [1.29, 1.82) is 0 Å². The van der Waals surface area contributed by atoms with E-state index in [1.54, 1.807) is 0 Å². The predicted octanol–water partition coefficient (Wildman–Crippen LogP) is 6.93. The number of hydrogen-bond acceptors (Lipinski definition) is 0. The summed E-state index contributed by atoms with van der Waals surface area (Å²) in [7, 11) is 2.83. The molecule has 1 heteroatoms. The molecule has 1 radical (unpaired) electrons. The molecule has 0 spiro atoms. The van der Waals surface area contributed by atoms with Gasteiger partial charge in [0.1, 0.15) is 7.28 Å². The Morgan fingerprint density at radius 3 is 0.900 bits per heavy atom. The Bertz CT molecular complexity index is 206. The van der Waals surface area contributed by atoms with Gasteiger partial charge in [-0.25, -0.2) is 0 Å². The van der Waals surface area contributed by atoms with E-state index in [2.05, 4.69) is 7.28 Å². The molecule has 115 valence electrons. The van der Waals surface area contributed by atoms with E-state index in [4.69, 9.17) is 0 Å². The molecule has 0 amide bonds. The van der Waals surface area contributed by atoms with E-state index in [0.717, 1.165) is 11.6 Å². The van der Waals surface area contributed by atoms with Gasteiger partial charge in [-0.15, -0.1) is 0 Å². The van der Waals surface area contributed by atoms with Gasteiger partial charge in [-0.2, -0.15) is 0 Å². The highest BCUT2D eigenvalue weighted by Crippen LogP contribution is 2.33. The molecule has 0 aromatic rings. The van der Waals surface area contributed by atoms with Crippen LogP contribution in [-0.2, 0) is 0 Å². The van der Waals surface area contributed by atoms with Crippen LogP contribution in [0.5, 0.6) is 0 Å². The molecule has 0 unspecified atom stereocenters. The van der Waals surface area contributed by atoms with E-state index in [1.165, 1.54) is 109 Å². The fourth-order valence-electron chi connectivity index (χ4n) is 4.28. The molecule has 0 saturated heterocycles. The largest absolute Gasteiger partial charge is 0.117 e. The molecule has 0 aromatic heterocycles. The Hall–Kier alpha value is 0.0649. The zero-order valence-electron chi connectivity index (χ0n) is 13.8. The normalized spacial score (nSPS) is 26.2. The van der Waals surface area contributed by atoms with E-state index in [9.17, 15) is 0 Å². The van der Waals surface area contributed by atoms with Gasteiger partial charge in [0.2, 0.25) is 0 Å². The van der Waals surface area contributed by atoms with Crippen LogP contribution in [0.3, 0.4) is 0 Å². The Morgan fingerprint density at radius 1 is 0.350 bits per heavy atom.